The van der Waals surface area contributed by atoms with Gasteiger partial charge < -0.3 is 10.6 Å². The van der Waals surface area contributed by atoms with Gasteiger partial charge in [-0.25, -0.2) is 4.98 Å². The SMILES string of the molecule is Cc1nn(-c2ccccc2)nc1C(=O)NCc1cccc(CNc2cc(-c3ccccc3Cl)nc3c(Br)cnn23)c1. The lowest BCUT2D eigenvalue weighted by Crippen LogP contribution is -2.24. The van der Waals surface area contributed by atoms with Crippen LogP contribution in [0.2, 0.25) is 5.02 Å². The number of aryl methyl sites for hydroxylation is 1. The summed E-state index contributed by atoms with van der Waals surface area (Å²) in [4.78, 5) is 19.1. The molecule has 3 heterocycles. The number of nitrogens with zero attached hydrogens (tertiary/aromatic N) is 6. The number of fused-ring (bicyclic) bond motifs is 1. The molecule has 6 rings (SSSR count). The van der Waals surface area contributed by atoms with E-state index in [1.54, 1.807) is 17.6 Å². The first-order valence-corrected chi connectivity index (χ1v) is 14.0. The number of anilines is 1. The van der Waals surface area contributed by atoms with Crippen LogP contribution in [0.4, 0.5) is 5.82 Å². The first-order chi connectivity index (χ1) is 20.0. The molecular formula is C30H24BrClN8O. The molecule has 6 aromatic rings. The fourth-order valence-electron chi connectivity index (χ4n) is 4.44. The molecule has 204 valence electrons. The first-order valence-electron chi connectivity index (χ1n) is 12.8. The highest BCUT2D eigenvalue weighted by atomic mass is 79.9. The van der Waals surface area contributed by atoms with Gasteiger partial charge in [-0.2, -0.15) is 19.5 Å². The van der Waals surface area contributed by atoms with E-state index < -0.39 is 0 Å². The molecule has 0 saturated carbocycles. The van der Waals surface area contributed by atoms with Crippen molar-refractivity contribution in [2.45, 2.75) is 20.0 Å². The second-order valence-electron chi connectivity index (χ2n) is 9.35. The van der Waals surface area contributed by atoms with Gasteiger partial charge in [0.25, 0.3) is 5.91 Å². The van der Waals surface area contributed by atoms with E-state index in [2.05, 4.69) is 41.9 Å². The molecule has 11 heteroatoms. The van der Waals surface area contributed by atoms with Crippen LogP contribution in [0.5, 0.6) is 0 Å². The highest BCUT2D eigenvalue weighted by molar-refractivity contribution is 9.10. The van der Waals surface area contributed by atoms with E-state index in [-0.39, 0.29) is 5.91 Å². The Morgan fingerprint density at radius 2 is 1.68 bits per heavy atom. The van der Waals surface area contributed by atoms with Crippen LogP contribution < -0.4 is 10.6 Å². The summed E-state index contributed by atoms with van der Waals surface area (Å²) in [5.74, 6) is 0.495. The minimum atomic E-state index is -0.274. The molecular weight excluding hydrogens is 604 g/mol. The average molecular weight is 628 g/mol. The maximum Gasteiger partial charge on any atom is 0.274 e. The summed E-state index contributed by atoms with van der Waals surface area (Å²) in [7, 11) is 0. The van der Waals surface area contributed by atoms with Gasteiger partial charge >= 0.3 is 0 Å². The number of hydrogen-bond acceptors (Lipinski definition) is 6. The number of benzene rings is 3. The Hall–Kier alpha value is -4.54. The van der Waals surface area contributed by atoms with E-state index in [1.807, 2.05) is 84.9 Å². The van der Waals surface area contributed by atoms with Gasteiger partial charge in [-0.1, -0.05) is 72.3 Å². The second-order valence-corrected chi connectivity index (χ2v) is 10.6. The minimum Gasteiger partial charge on any atom is -0.366 e. The summed E-state index contributed by atoms with van der Waals surface area (Å²) < 4.78 is 2.53. The van der Waals surface area contributed by atoms with E-state index >= 15 is 0 Å². The van der Waals surface area contributed by atoms with Gasteiger partial charge in [0.1, 0.15) is 5.82 Å². The predicted molar refractivity (Wildman–Crippen MR) is 162 cm³/mol. The first kappa shape index (κ1) is 26.7. The number of carbonyl (C=O) groups is 1. The van der Waals surface area contributed by atoms with Crippen LogP contribution in [0.15, 0.2) is 95.6 Å². The number of carbonyl (C=O) groups excluding carboxylic acids is 1. The molecule has 0 bridgehead atoms. The summed E-state index contributed by atoms with van der Waals surface area (Å²) in [5.41, 5.74) is 5.92. The van der Waals surface area contributed by atoms with Gasteiger partial charge in [0.2, 0.25) is 0 Å². The van der Waals surface area contributed by atoms with Crippen molar-refractivity contribution in [2.24, 2.45) is 0 Å². The van der Waals surface area contributed by atoms with Crippen molar-refractivity contribution >= 4 is 44.9 Å². The molecule has 0 saturated heterocycles. The standard InChI is InChI=1S/C30H24BrClN8O/c1-19-28(38-40(37-19)22-10-3-2-4-11-22)30(41)34-17-21-9-7-8-20(14-21)16-33-27-15-26(23-12-5-6-13-25(23)32)36-29-24(31)18-35-39(27)29/h2-15,18,33H,16-17H2,1H3,(H,34,41). The van der Waals surface area contributed by atoms with Crippen LogP contribution in [-0.2, 0) is 13.1 Å². The molecule has 0 radical (unpaired) electrons. The molecule has 0 unspecified atom stereocenters. The van der Waals surface area contributed by atoms with Crippen molar-refractivity contribution in [1.29, 1.82) is 0 Å². The molecule has 0 spiro atoms. The monoisotopic (exact) mass is 626 g/mol. The lowest BCUT2D eigenvalue weighted by molar-refractivity contribution is 0.0945. The molecule has 3 aromatic carbocycles. The van der Waals surface area contributed by atoms with Gasteiger partial charge in [0.05, 0.1) is 27.7 Å². The third-order valence-electron chi connectivity index (χ3n) is 6.48. The van der Waals surface area contributed by atoms with Gasteiger partial charge in [0.15, 0.2) is 11.3 Å². The molecule has 41 heavy (non-hydrogen) atoms. The third-order valence-corrected chi connectivity index (χ3v) is 7.37. The predicted octanol–water partition coefficient (Wildman–Crippen LogP) is 6.24. The average Bonchev–Trinajstić information content (AvgIpc) is 3.58. The van der Waals surface area contributed by atoms with Crippen LogP contribution >= 0.6 is 27.5 Å². The summed E-state index contributed by atoms with van der Waals surface area (Å²) in [5, 5.41) is 20.3. The largest absolute Gasteiger partial charge is 0.366 e. The summed E-state index contributed by atoms with van der Waals surface area (Å²) >= 11 is 10.0. The zero-order chi connectivity index (χ0) is 28.3. The summed E-state index contributed by atoms with van der Waals surface area (Å²) in [6, 6.07) is 27.1. The Balaban J connectivity index is 1.16. The topological polar surface area (TPSA) is 102 Å². The number of para-hydroxylation sites is 1. The highest BCUT2D eigenvalue weighted by Crippen LogP contribution is 2.30. The zero-order valence-corrected chi connectivity index (χ0v) is 24.3. The fourth-order valence-corrected chi connectivity index (χ4v) is 5.02. The zero-order valence-electron chi connectivity index (χ0n) is 21.9. The fraction of sp³-hybridized carbons (Fsp3) is 0.100. The Morgan fingerprint density at radius 1 is 0.927 bits per heavy atom. The van der Waals surface area contributed by atoms with Crippen LogP contribution in [-0.4, -0.2) is 35.5 Å². The maximum absolute atomic E-state index is 12.9. The van der Waals surface area contributed by atoms with Crippen molar-refractivity contribution in [3.8, 4) is 16.9 Å². The molecule has 9 nitrogen and oxygen atoms in total. The van der Waals surface area contributed by atoms with E-state index in [9.17, 15) is 4.79 Å². The lowest BCUT2D eigenvalue weighted by atomic mass is 10.1. The van der Waals surface area contributed by atoms with Gasteiger partial charge in [-0.15, -0.1) is 5.10 Å². The minimum absolute atomic E-state index is 0.274. The Morgan fingerprint density at radius 3 is 2.49 bits per heavy atom. The normalized spacial score (nSPS) is 11.1. The number of amides is 1. The molecule has 2 N–H and O–H groups in total. The molecule has 0 aliphatic rings. The Kier molecular flexibility index (Phi) is 7.49. The van der Waals surface area contributed by atoms with E-state index in [4.69, 9.17) is 16.6 Å². The lowest BCUT2D eigenvalue weighted by Gasteiger charge is -2.12. The van der Waals surface area contributed by atoms with E-state index in [1.165, 1.54) is 4.80 Å². The molecule has 0 atom stereocenters. The van der Waals surface area contributed by atoms with Crippen molar-refractivity contribution in [3.05, 3.63) is 123 Å². The van der Waals surface area contributed by atoms with Gasteiger partial charge in [0, 0.05) is 29.7 Å². The van der Waals surface area contributed by atoms with Crippen LogP contribution in [0, 0.1) is 6.92 Å². The van der Waals surface area contributed by atoms with Crippen molar-refractivity contribution in [2.75, 3.05) is 5.32 Å². The van der Waals surface area contributed by atoms with Gasteiger partial charge in [-0.3, -0.25) is 4.79 Å². The van der Waals surface area contributed by atoms with E-state index in [0.29, 0.717) is 35.1 Å². The third kappa shape index (κ3) is 5.70. The summed E-state index contributed by atoms with van der Waals surface area (Å²) in [6.45, 7) is 2.66. The Labute approximate surface area is 249 Å². The van der Waals surface area contributed by atoms with Crippen LogP contribution in [0.25, 0.3) is 22.6 Å². The smallest absolute Gasteiger partial charge is 0.274 e. The van der Waals surface area contributed by atoms with Crippen LogP contribution in [0.3, 0.4) is 0 Å². The molecule has 0 aliphatic carbocycles. The quantitative estimate of drug-likeness (QED) is 0.207. The van der Waals surface area contributed by atoms with Gasteiger partial charge in [-0.05, 0) is 52.2 Å². The van der Waals surface area contributed by atoms with Crippen molar-refractivity contribution < 1.29 is 4.79 Å². The molecule has 3 aromatic heterocycles. The van der Waals surface area contributed by atoms with Crippen molar-refractivity contribution in [1.82, 2.24) is 34.9 Å². The molecule has 1 amide bonds. The number of hydrogen-bond donors (Lipinski definition) is 2. The van der Waals surface area contributed by atoms with Crippen molar-refractivity contribution in [3.63, 3.8) is 0 Å². The number of halogens is 2. The van der Waals surface area contributed by atoms with E-state index in [0.717, 1.165) is 38.4 Å². The molecule has 0 aliphatic heterocycles. The number of aromatic nitrogens is 6. The highest BCUT2D eigenvalue weighted by Gasteiger charge is 2.17. The number of rotatable bonds is 8. The Bertz CT molecular complexity index is 1870. The summed E-state index contributed by atoms with van der Waals surface area (Å²) in [6.07, 6.45) is 1.72. The second kappa shape index (κ2) is 11.5. The maximum atomic E-state index is 12.9. The number of nitrogens with one attached hydrogen (secondary N) is 2. The van der Waals surface area contributed by atoms with Crippen LogP contribution in [0.1, 0.15) is 27.3 Å². The molecule has 0 fully saturated rings.